The Morgan fingerprint density at radius 3 is 1.50 bits per heavy atom. The maximum Gasteiger partial charge on any atom is 0.313 e. The van der Waals surface area contributed by atoms with Crippen molar-refractivity contribution < 1.29 is 28.7 Å². The second-order valence-electron chi connectivity index (χ2n) is 10.4. The Bertz CT molecular complexity index is 821. The zero-order chi connectivity index (χ0) is 19.3. The lowest BCUT2D eigenvalue weighted by molar-refractivity contribution is -0.208. The summed E-state index contributed by atoms with van der Waals surface area (Å²) in [5, 5.41) is 0. The van der Waals surface area contributed by atoms with Crippen LogP contribution in [-0.2, 0) is 28.7 Å². The highest BCUT2D eigenvalue weighted by atomic mass is 16.5. The van der Waals surface area contributed by atoms with Crippen molar-refractivity contribution in [3.05, 3.63) is 0 Å². The van der Waals surface area contributed by atoms with Crippen molar-refractivity contribution in [3.63, 3.8) is 0 Å². The van der Waals surface area contributed by atoms with E-state index >= 15 is 0 Å². The van der Waals surface area contributed by atoms with Gasteiger partial charge in [0.15, 0.2) is 0 Å². The highest BCUT2D eigenvalue weighted by molar-refractivity contribution is 5.99. The van der Waals surface area contributed by atoms with Gasteiger partial charge >= 0.3 is 11.9 Å². The molecule has 0 aromatic carbocycles. The normalized spacial score (nSPS) is 60.6. The summed E-state index contributed by atoms with van der Waals surface area (Å²) in [5.74, 6) is 0.253. The summed E-state index contributed by atoms with van der Waals surface area (Å²) in [6.07, 6.45) is 2.72. The quantitative estimate of drug-likeness (QED) is 0.666. The van der Waals surface area contributed by atoms with Crippen molar-refractivity contribution in [2.75, 3.05) is 14.2 Å². The van der Waals surface area contributed by atoms with E-state index < -0.39 is 10.8 Å². The maximum absolute atomic E-state index is 13.6. The van der Waals surface area contributed by atoms with Gasteiger partial charge in [-0.15, -0.1) is 0 Å². The number of rotatable bonds is 2. The van der Waals surface area contributed by atoms with Gasteiger partial charge in [-0.1, -0.05) is 0 Å². The molecule has 8 rings (SSSR count). The number of methoxy groups -OCH3 is 2. The summed E-state index contributed by atoms with van der Waals surface area (Å²) in [4.78, 5) is 52.8. The number of fused-ring (bicyclic) bond motifs is 2. The van der Waals surface area contributed by atoms with Crippen LogP contribution in [0.1, 0.15) is 25.7 Å². The Labute approximate surface area is 162 Å². The average Bonchev–Trinajstić information content (AvgIpc) is 3.49. The van der Waals surface area contributed by atoms with Crippen LogP contribution in [0, 0.1) is 70.0 Å². The lowest BCUT2D eigenvalue weighted by Crippen LogP contribution is -2.66. The van der Waals surface area contributed by atoms with Crippen molar-refractivity contribution in [1.29, 1.82) is 0 Å². The molecule has 8 saturated carbocycles. The van der Waals surface area contributed by atoms with Crippen LogP contribution in [0.2, 0.25) is 0 Å². The van der Waals surface area contributed by atoms with Gasteiger partial charge in [-0.3, -0.25) is 19.2 Å². The molecule has 148 valence electrons. The molecule has 0 radical (unpaired) electrons. The number of ketones is 2. The van der Waals surface area contributed by atoms with Crippen LogP contribution in [0.3, 0.4) is 0 Å². The molecule has 0 aliphatic heterocycles. The Kier molecular flexibility index (Phi) is 2.53. The molecule has 0 spiro atoms. The predicted molar refractivity (Wildman–Crippen MR) is 92.3 cm³/mol. The molecule has 8 aliphatic carbocycles. The molecule has 12 atom stereocenters. The Balaban J connectivity index is 1.55. The fourth-order valence-electron chi connectivity index (χ4n) is 11.2. The molecule has 6 nitrogen and oxygen atoms in total. The van der Waals surface area contributed by atoms with E-state index in [0.29, 0.717) is 12.8 Å². The number of carbonyl (C=O) groups is 4. The molecule has 0 aromatic rings. The van der Waals surface area contributed by atoms with Crippen LogP contribution >= 0.6 is 0 Å². The number of hydrogen-bond donors (Lipinski definition) is 0. The van der Waals surface area contributed by atoms with Gasteiger partial charge < -0.3 is 9.47 Å². The van der Waals surface area contributed by atoms with Gasteiger partial charge in [0.05, 0.1) is 25.0 Å². The number of Topliss-reactive ketones (excluding diaryl/α,β-unsaturated/α-hetero) is 2. The number of carbonyl (C=O) groups excluding carboxylic acids is 4. The summed E-state index contributed by atoms with van der Waals surface area (Å²) >= 11 is 0. The molecule has 6 heteroatoms. The molecular weight excluding hydrogens is 360 g/mol. The van der Waals surface area contributed by atoms with Crippen LogP contribution in [-0.4, -0.2) is 37.7 Å². The largest absolute Gasteiger partial charge is 0.469 e. The van der Waals surface area contributed by atoms with Gasteiger partial charge in [0.25, 0.3) is 0 Å². The highest BCUT2D eigenvalue weighted by Gasteiger charge is 3.01. The summed E-state index contributed by atoms with van der Waals surface area (Å²) in [6, 6.07) is 0. The minimum Gasteiger partial charge on any atom is -0.469 e. The standard InChI is InChI=1S/C22H24O6/c1-27-19(25)21-15-7-3-5-10(24)12(7)18-13(15)14-16(22(18,21)20(26)28-2)8-4-6-9(23)11(8)17(14)21/h7-8,11-18H,3-6H2,1-2H3/t7-,8+,11+,12-,13-,14-,15+,16-,17-,18+,21+,22+/m0/s1. The fraction of sp³-hybridized carbons (Fsp3) is 0.818. The van der Waals surface area contributed by atoms with Gasteiger partial charge in [-0.2, -0.15) is 0 Å². The third kappa shape index (κ3) is 1.10. The van der Waals surface area contributed by atoms with Crippen molar-refractivity contribution in [1.82, 2.24) is 0 Å². The van der Waals surface area contributed by atoms with Crippen LogP contribution in [0.5, 0.6) is 0 Å². The van der Waals surface area contributed by atoms with E-state index in [1.54, 1.807) is 0 Å². The van der Waals surface area contributed by atoms with Gasteiger partial charge in [-0.05, 0) is 60.2 Å². The first-order valence-electron chi connectivity index (χ1n) is 10.7. The number of ether oxygens (including phenoxy) is 2. The SMILES string of the molecule is COC(=O)[C@]12[C@@H]3[C@@H]4C(=O)CC[C@@H]4[C@@H]4[C@@H]3[C@H]3[C@@H]1[C@@H]1CCC(=O)[C@@H]1[C@@H]3[C@@]42C(=O)OC. The van der Waals surface area contributed by atoms with E-state index in [1.165, 1.54) is 14.2 Å². The molecule has 8 bridgehead atoms. The van der Waals surface area contributed by atoms with Crippen molar-refractivity contribution in [2.45, 2.75) is 25.7 Å². The molecule has 8 aliphatic rings. The first-order chi connectivity index (χ1) is 13.5. The van der Waals surface area contributed by atoms with E-state index in [0.717, 1.165) is 12.8 Å². The van der Waals surface area contributed by atoms with E-state index in [9.17, 15) is 19.2 Å². The van der Waals surface area contributed by atoms with Crippen molar-refractivity contribution in [2.24, 2.45) is 70.0 Å². The Morgan fingerprint density at radius 1 is 0.750 bits per heavy atom. The van der Waals surface area contributed by atoms with Gasteiger partial charge in [-0.25, -0.2) is 0 Å². The number of esters is 2. The topological polar surface area (TPSA) is 86.7 Å². The smallest absolute Gasteiger partial charge is 0.313 e. The lowest BCUT2D eigenvalue weighted by atomic mass is 9.43. The first-order valence-corrected chi connectivity index (χ1v) is 10.7. The van der Waals surface area contributed by atoms with E-state index in [2.05, 4.69) is 0 Å². The number of hydrogen-bond acceptors (Lipinski definition) is 6. The molecule has 0 heterocycles. The molecular formula is C22H24O6. The molecule has 0 aromatic heterocycles. The third-order valence-electron chi connectivity index (χ3n) is 10.7. The Hall–Kier alpha value is -1.72. The summed E-state index contributed by atoms with van der Waals surface area (Å²) in [6.45, 7) is 0. The molecule has 8 fully saturated rings. The van der Waals surface area contributed by atoms with Gasteiger partial charge in [0, 0.05) is 24.7 Å². The van der Waals surface area contributed by atoms with Crippen molar-refractivity contribution in [3.8, 4) is 0 Å². The second-order valence-corrected chi connectivity index (χ2v) is 10.4. The first kappa shape index (κ1) is 16.1. The zero-order valence-corrected chi connectivity index (χ0v) is 16.1. The summed E-state index contributed by atoms with van der Waals surface area (Å²) in [5.41, 5.74) is -1.90. The average molecular weight is 384 g/mol. The maximum atomic E-state index is 13.6. The molecule has 28 heavy (non-hydrogen) atoms. The highest BCUT2D eigenvalue weighted by Crippen LogP contribution is 2.97. The fourth-order valence-corrected chi connectivity index (χ4v) is 11.2. The van der Waals surface area contributed by atoms with E-state index in [-0.39, 0.29) is 82.7 Å². The molecule has 0 N–H and O–H groups in total. The lowest BCUT2D eigenvalue weighted by Gasteiger charge is -2.57. The Morgan fingerprint density at radius 2 is 1.14 bits per heavy atom. The van der Waals surface area contributed by atoms with E-state index in [1.807, 2.05) is 0 Å². The van der Waals surface area contributed by atoms with E-state index in [4.69, 9.17) is 9.47 Å². The third-order valence-corrected chi connectivity index (χ3v) is 10.7. The molecule has 0 amide bonds. The molecule has 0 saturated heterocycles. The van der Waals surface area contributed by atoms with Gasteiger partial charge in [0.2, 0.25) is 0 Å². The predicted octanol–water partition coefficient (Wildman–Crippen LogP) is 1.26. The monoisotopic (exact) mass is 384 g/mol. The van der Waals surface area contributed by atoms with Crippen LogP contribution in [0.25, 0.3) is 0 Å². The molecule has 0 unspecified atom stereocenters. The van der Waals surface area contributed by atoms with Crippen LogP contribution in [0.4, 0.5) is 0 Å². The van der Waals surface area contributed by atoms with Crippen LogP contribution < -0.4 is 0 Å². The van der Waals surface area contributed by atoms with Gasteiger partial charge in [0.1, 0.15) is 11.6 Å². The minimum absolute atomic E-state index is 0.00102. The zero-order valence-electron chi connectivity index (χ0n) is 16.1. The summed E-state index contributed by atoms with van der Waals surface area (Å²) < 4.78 is 10.8. The second kappa shape index (κ2) is 4.39. The van der Waals surface area contributed by atoms with Crippen molar-refractivity contribution >= 4 is 23.5 Å². The van der Waals surface area contributed by atoms with Crippen LogP contribution in [0.15, 0.2) is 0 Å². The minimum atomic E-state index is -0.952. The summed E-state index contributed by atoms with van der Waals surface area (Å²) in [7, 11) is 2.80.